The molecule has 2 N–H and O–H groups in total. The van der Waals surface area contributed by atoms with Gasteiger partial charge in [0, 0.05) is 17.3 Å². The van der Waals surface area contributed by atoms with Crippen molar-refractivity contribution in [1.82, 2.24) is 4.98 Å². The van der Waals surface area contributed by atoms with Crippen LogP contribution in [0.1, 0.15) is 20.7 Å². The second-order valence-corrected chi connectivity index (χ2v) is 5.69. The van der Waals surface area contributed by atoms with Gasteiger partial charge in [-0.05, 0) is 36.4 Å². The Kier molecular flexibility index (Phi) is 5.11. The number of nitrogens with zero attached hydrogens (tertiary/aromatic N) is 1. The number of hydrogen-bond donors (Lipinski definition) is 3. The maximum Gasteiger partial charge on any atom is 0.257 e. The molecule has 3 rings (SSSR count). The maximum absolute atomic E-state index is 12.5. The van der Waals surface area contributed by atoms with E-state index in [1.807, 2.05) is 0 Å². The first-order valence-corrected chi connectivity index (χ1v) is 7.99. The highest BCUT2D eigenvalue weighted by Crippen LogP contribution is 2.23. The number of rotatable bonds is 4. The lowest BCUT2D eigenvalue weighted by molar-refractivity contribution is 0.101. The van der Waals surface area contributed by atoms with Gasteiger partial charge >= 0.3 is 0 Å². The number of thiol groups is 1. The van der Waals surface area contributed by atoms with Crippen LogP contribution < -0.4 is 10.6 Å². The van der Waals surface area contributed by atoms with Crippen LogP contribution in [-0.2, 0) is 0 Å². The molecule has 0 aliphatic carbocycles. The Morgan fingerprint density at radius 2 is 1.44 bits per heavy atom. The summed E-state index contributed by atoms with van der Waals surface area (Å²) in [5.74, 6) is -0.599. The van der Waals surface area contributed by atoms with Crippen molar-refractivity contribution in [3.8, 4) is 0 Å². The van der Waals surface area contributed by atoms with Crippen molar-refractivity contribution >= 4 is 35.8 Å². The molecule has 0 fully saturated rings. The zero-order valence-electron chi connectivity index (χ0n) is 13.1. The summed E-state index contributed by atoms with van der Waals surface area (Å²) in [5.41, 5.74) is 1.89. The second-order valence-electron chi connectivity index (χ2n) is 5.21. The number of amides is 2. The molecule has 0 aliphatic rings. The molecule has 1 aromatic heterocycles. The molecular weight excluding hydrogens is 334 g/mol. The van der Waals surface area contributed by atoms with Gasteiger partial charge in [-0.1, -0.05) is 24.3 Å². The first-order chi connectivity index (χ1) is 12.1. The van der Waals surface area contributed by atoms with Crippen molar-refractivity contribution < 1.29 is 9.59 Å². The lowest BCUT2D eigenvalue weighted by atomic mass is 10.2. The van der Waals surface area contributed by atoms with E-state index in [4.69, 9.17) is 0 Å². The van der Waals surface area contributed by atoms with Gasteiger partial charge in [0.1, 0.15) is 0 Å². The normalized spacial score (nSPS) is 10.1. The highest BCUT2D eigenvalue weighted by atomic mass is 32.1. The van der Waals surface area contributed by atoms with E-state index >= 15 is 0 Å². The number of benzene rings is 2. The molecule has 0 saturated carbocycles. The number of carbonyl (C=O) groups excluding carboxylic acids is 2. The average Bonchev–Trinajstić information content (AvgIpc) is 2.64. The van der Waals surface area contributed by atoms with Crippen molar-refractivity contribution in [1.29, 1.82) is 0 Å². The Bertz CT molecular complexity index is 913. The van der Waals surface area contributed by atoms with E-state index in [1.165, 1.54) is 6.20 Å². The third-order valence-corrected chi connectivity index (χ3v) is 3.89. The van der Waals surface area contributed by atoms with E-state index < -0.39 is 0 Å². The molecule has 3 aromatic rings. The third-order valence-electron chi connectivity index (χ3n) is 3.50. The van der Waals surface area contributed by atoms with Gasteiger partial charge in [-0.25, -0.2) is 0 Å². The maximum atomic E-state index is 12.5. The zero-order chi connectivity index (χ0) is 17.6. The molecule has 0 spiro atoms. The van der Waals surface area contributed by atoms with E-state index in [0.29, 0.717) is 27.4 Å². The fourth-order valence-corrected chi connectivity index (χ4v) is 2.51. The number of para-hydroxylation sites is 2. The minimum Gasteiger partial charge on any atom is -0.320 e. The van der Waals surface area contributed by atoms with Gasteiger partial charge in [0.25, 0.3) is 11.8 Å². The summed E-state index contributed by atoms with van der Waals surface area (Å²) >= 11 is 4.30. The molecule has 6 heteroatoms. The molecule has 0 bridgehead atoms. The zero-order valence-corrected chi connectivity index (χ0v) is 14.0. The van der Waals surface area contributed by atoms with E-state index in [0.717, 1.165) is 0 Å². The first-order valence-electron chi connectivity index (χ1n) is 7.55. The quantitative estimate of drug-likeness (QED) is 0.626. The fourth-order valence-electron chi connectivity index (χ4n) is 2.25. The van der Waals surface area contributed by atoms with Gasteiger partial charge in [0.15, 0.2) is 0 Å². The molecule has 0 unspecified atom stereocenters. The number of carbonyl (C=O) groups is 2. The highest BCUT2D eigenvalue weighted by Gasteiger charge is 2.13. The van der Waals surface area contributed by atoms with Gasteiger partial charge < -0.3 is 10.6 Å². The third kappa shape index (κ3) is 4.05. The Morgan fingerprint density at radius 1 is 0.800 bits per heavy atom. The van der Waals surface area contributed by atoms with Gasteiger partial charge in [-0.15, -0.1) is 12.6 Å². The molecule has 0 aliphatic heterocycles. The van der Waals surface area contributed by atoms with Crippen molar-refractivity contribution in [2.45, 2.75) is 4.90 Å². The van der Waals surface area contributed by atoms with Gasteiger partial charge in [0.2, 0.25) is 0 Å². The van der Waals surface area contributed by atoms with E-state index in [9.17, 15) is 9.59 Å². The van der Waals surface area contributed by atoms with Crippen molar-refractivity contribution in [2.75, 3.05) is 10.6 Å². The number of anilines is 2. The molecule has 5 nitrogen and oxygen atoms in total. The lowest BCUT2D eigenvalue weighted by Gasteiger charge is -2.13. The highest BCUT2D eigenvalue weighted by molar-refractivity contribution is 7.80. The van der Waals surface area contributed by atoms with Crippen LogP contribution in [0.5, 0.6) is 0 Å². The Labute approximate surface area is 150 Å². The predicted molar refractivity (Wildman–Crippen MR) is 100 cm³/mol. The summed E-state index contributed by atoms with van der Waals surface area (Å²) in [6.45, 7) is 0. The second kappa shape index (κ2) is 7.63. The standard InChI is InChI=1S/C19H15N3O2S/c23-18(13-6-5-11-20-12-13)21-15-8-2-3-9-16(15)22-19(24)14-7-1-4-10-17(14)25/h1-12,25H,(H,21,23)(H,22,24). The average molecular weight is 349 g/mol. The van der Waals surface area contributed by atoms with Crippen molar-refractivity contribution in [3.63, 3.8) is 0 Å². The summed E-state index contributed by atoms with van der Waals surface area (Å²) in [4.78, 5) is 29.3. The summed E-state index contributed by atoms with van der Waals surface area (Å²) in [5, 5.41) is 5.59. The van der Waals surface area contributed by atoms with E-state index in [-0.39, 0.29) is 11.8 Å². The molecule has 0 atom stereocenters. The topological polar surface area (TPSA) is 71.1 Å². The Morgan fingerprint density at radius 3 is 2.08 bits per heavy atom. The molecule has 2 aromatic carbocycles. The largest absolute Gasteiger partial charge is 0.320 e. The smallest absolute Gasteiger partial charge is 0.257 e. The number of aromatic nitrogens is 1. The number of nitrogens with one attached hydrogen (secondary N) is 2. The lowest BCUT2D eigenvalue weighted by Crippen LogP contribution is -2.17. The van der Waals surface area contributed by atoms with E-state index in [2.05, 4.69) is 28.2 Å². The predicted octanol–water partition coefficient (Wildman–Crippen LogP) is 3.87. The fraction of sp³-hybridized carbons (Fsp3) is 0. The number of hydrogen-bond acceptors (Lipinski definition) is 4. The summed E-state index contributed by atoms with van der Waals surface area (Å²) < 4.78 is 0. The Balaban J connectivity index is 1.81. The molecule has 124 valence electrons. The van der Waals surface area contributed by atoms with Crippen molar-refractivity contribution in [3.05, 3.63) is 84.2 Å². The van der Waals surface area contributed by atoms with Gasteiger partial charge in [-0.2, -0.15) is 0 Å². The van der Waals surface area contributed by atoms with Gasteiger partial charge in [-0.3, -0.25) is 14.6 Å². The molecule has 2 amide bonds. The summed E-state index contributed by atoms with van der Waals surface area (Å²) in [7, 11) is 0. The van der Waals surface area contributed by atoms with Crippen LogP contribution >= 0.6 is 12.6 Å². The summed E-state index contributed by atoms with van der Waals surface area (Å²) in [6.07, 6.45) is 3.08. The summed E-state index contributed by atoms with van der Waals surface area (Å²) in [6, 6.07) is 17.4. The number of pyridine rings is 1. The van der Waals surface area contributed by atoms with Crippen LogP contribution in [0.4, 0.5) is 11.4 Å². The van der Waals surface area contributed by atoms with E-state index in [1.54, 1.807) is 66.9 Å². The minimum atomic E-state index is -0.301. The van der Waals surface area contributed by atoms with Crippen LogP contribution in [0.25, 0.3) is 0 Å². The first kappa shape index (κ1) is 16.7. The van der Waals surface area contributed by atoms with Crippen LogP contribution in [0.2, 0.25) is 0 Å². The monoisotopic (exact) mass is 349 g/mol. The van der Waals surface area contributed by atoms with Crippen LogP contribution in [-0.4, -0.2) is 16.8 Å². The molecule has 1 heterocycles. The van der Waals surface area contributed by atoms with Crippen molar-refractivity contribution in [2.24, 2.45) is 0 Å². The SMILES string of the molecule is O=C(Nc1ccccc1NC(=O)c1ccccc1S)c1cccnc1. The molecular formula is C19H15N3O2S. The molecule has 25 heavy (non-hydrogen) atoms. The van der Waals surface area contributed by atoms with Crippen LogP contribution in [0, 0.1) is 0 Å². The van der Waals surface area contributed by atoms with Crippen LogP contribution in [0.3, 0.4) is 0 Å². The molecule has 0 radical (unpaired) electrons. The Hall–Kier alpha value is -3.12. The van der Waals surface area contributed by atoms with Crippen LogP contribution in [0.15, 0.2) is 78.0 Å². The minimum absolute atomic E-state index is 0.298. The molecule has 0 saturated heterocycles. The van der Waals surface area contributed by atoms with Gasteiger partial charge in [0.05, 0.1) is 22.5 Å².